The molecule has 3 aromatic rings. The largest absolute Gasteiger partial charge is 0.491 e. The number of alkyl halides is 3. The third kappa shape index (κ3) is 10.5. The van der Waals surface area contributed by atoms with Crippen molar-refractivity contribution in [1.82, 2.24) is 15.6 Å². The molecule has 1 heterocycles. The number of halogens is 3. The number of rotatable bonds is 13. The van der Waals surface area contributed by atoms with E-state index in [2.05, 4.69) is 25.7 Å². The fraction of sp³-hybridized carbons (Fsp3) is 0.300. The fourth-order valence-electron chi connectivity index (χ4n) is 4.01. The maximum atomic E-state index is 13.2. The topological polar surface area (TPSA) is 147 Å². The van der Waals surface area contributed by atoms with Crippen molar-refractivity contribution in [3.63, 3.8) is 0 Å². The second-order valence-electron chi connectivity index (χ2n) is 9.54. The molecule has 0 saturated carbocycles. The second-order valence-corrected chi connectivity index (χ2v) is 9.54. The minimum atomic E-state index is -5.39. The number of aliphatic hydroxyl groups is 1. The summed E-state index contributed by atoms with van der Waals surface area (Å²) >= 11 is 0. The summed E-state index contributed by atoms with van der Waals surface area (Å²) < 4.78 is 41.8. The van der Waals surface area contributed by atoms with E-state index in [1.807, 2.05) is 30.3 Å². The van der Waals surface area contributed by atoms with E-state index in [1.54, 1.807) is 48.7 Å². The summed E-state index contributed by atoms with van der Waals surface area (Å²) in [6, 6.07) is 18.3. The predicted molar refractivity (Wildman–Crippen MR) is 150 cm³/mol. The zero-order chi connectivity index (χ0) is 31.4. The second kappa shape index (κ2) is 15.4. The molecule has 3 rings (SSSR count). The summed E-state index contributed by atoms with van der Waals surface area (Å²) in [7, 11) is 0. The summed E-state index contributed by atoms with van der Waals surface area (Å²) in [6.45, 7) is 1.68. The first-order valence-electron chi connectivity index (χ1n) is 13.3. The number of nitrogens with zero attached hydrogens (tertiary/aromatic N) is 1. The molecule has 13 heteroatoms. The Hall–Kier alpha value is -4.78. The van der Waals surface area contributed by atoms with Gasteiger partial charge in [0.25, 0.3) is 0 Å². The zero-order valence-electron chi connectivity index (χ0n) is 23.1. The molecule has 3 unspecified atom stereocenters. The maximum Gasteiger partial charge on any atom is 0.491 e. The lowest BCUT2D eigenvalue weighted by molar-refractivity contribution is -0.202. The normalized spacial score (nSPS) is 13.2. The lowest BCUT2D eigenvalue weighted by atomic mass is 9.98. The molecule has 0 spiro atoms. The van der Waals surface area contributed by atoms with Gasteiger partial charge in [0.1, 0.15) is 11.9 Å². The van der Waals surface area contributed by atoms with Gasteiger partial charge < -0.3 is 25.8 Å². The van der Waals surface area contributed by atoms with E-state index in [0.717, 1.165) is 11.1 Å². The summed E-state index contributed by atoms with van der Waals surface area (Å²) in [6.07, 6.45) is -5.59. The molecule has 228 valence electrons. The summed E-state index contributed by atoms with van der Waals surface area (Å²) in [4.78, 5) is 53.2. The Labute approximate surface area is 245 Å². The van der Waals surface area contributed by atoms with Gasteiger partial charge in [-0.15, -0.1) is 0 Å². The van der Waals surface area contributed by atoms with Crippen molar-refractivity contribution >= 4 is 29.6 Å². The van der Waals surface area contributed by atoms with Crippen molar-refractivity contribution in [1.29, 1.82) is 0 Å². The van der Waals surface area contributed by atoms with Crippen LogP contribution in [0.2, 0.25) is 0 Å². The molecule has 0 saturated heterocycles. The Morgan fingerprint density at radius 2 is 1.56 bits per heavy atom. The summed E-state index contributed by atoms with van der Waals surface area (Å²) in [5.74, 6) is -5.03. The van der Waals surface area contributed by atoms with Crippen LogP contribution in [0.4, 0.5) is 19.0 Å². The first-order valence-corrected chi connectivity index (χ1v) is 13.3. The highest BCUT2D eigenvalue weighted by atomic mass is 19.4. The van der Waals surface area contributed by atoms with E-state index in [0.29, 0.717) is 24.3 Å². The van der Waals surface area contributed by atoms with Crippen LogP contribution >= 0.6 is 0 Å². The minimum absolute atomic E-state index is 0.00654. The molecule has 1 aromatic heterocycles. The molecule has 10 nitrogen and oxygen atoms in total. The highest BCUT2D eigenvalue weighted by Crippen LogP contribution is 2.25. The number of anilines is 1. The predicted octanol–water partition coefficient (Wildman–Crippen LogP) is 3.69. The number of hydrogen-bond acceptors (Lipinski definition) is 8. The average Bonchev–Trinajstić information content (AvgIpc) is 2.98. The van der Waals surface area contributed by atoms with E-state index >= 15 is 0 Å². The SMILES string of the molecule is CC(O)C(NC(=O)CCCNc1ccccn1)C(=O)NC(CC(=O)OC(=O)C(F)(F)F)c1ccc(-c2ccccc2)cc1. The van der Waals surface area contributed by atoms with Crippen molar-refractivity contribution < 1.29 is 42.2 Å². The van der Waals surface area contributed by atoms with Gasteiger partial charge in [-0.1, -0.05) is 60.7 Å². The van der Waals surface area contributed by atoms with Crippen LogP contribution in [-0.4, -0.2) is 58.7 Å². The van der Waals surface area contributed by atoms with Crippen LogP contribution in [0.25, 0.3) is 11.1 Å². The highest BCUT2D eigenvalue weighted by Gasteiger charge is 2.42. The zero-order valence-corrected chi connectivity index (χ0v) is 23.1. The number of carbonyl (C=O) groups excluding carboxylic acids is 4. The van der Waals surface area contributed by atoms with Gasteiger partial charge in [0.05, 0.1) is 18.6 Å². The molecule has 0 aliphatic rings. The number of benzene rings is 2. The Morgan fingerprint density at radius 1 is 0.907 bits per heavy atom. The smallest absolute Gasteiger partial charge is 0.391 e. The summed E-state index contributed by atoms with van der Waals surface area (Å²) in [5.41, 5.74) is 1.97. The van der Waals surface area contributed by atoms with E-state index in [-0.39, 0.29) is 6.42 Å². The molecule has 4 N–H and O–H groups in total. The van der Waals surface area contributed by atoms with E-state index < -0.39 is 54.5 Å². The highest BCUT2D eigenvalue weighted by molar-refractivity contribution is 5.90. The lowest BCUT2D eigenvalue weighted by Gasteiger charge is -2.25. The van der Waals surface area contributed by atoms with Crippen molar-refractivity contribution in [3.8, 4) is 11.1 Å². The number of hydrogen-bond donors (Lipinski definition) is 4. The van der Waals surface area contributed by atoms with Crippen molar-refractivity contribution in [2.75, 3.05) is 11.9 Å². The van der Waals surface area contributed by atoms with Gasteiger partial charge in [-0.05, 0) is 42.2 Å². The number of nitrogens with one attached hydrogen (secondary N) is 3. The van der Waals surface area contributed by atoms with Gasteiger partial charge in [-0.3, -0.25) is 14.4 Å². The number of esters is 2. The van der Waals surface area contributed by atoms with Gasteiger partial charge in [0, 0.05) is 19.2 Å². The number of aliphatic hydroxyl groups excluding tert-OH is 1. The number of carbonyl (C=O) groups is 4. The number of aromatic nitrogens is 1. The molecule has 2 amide bonds. The van der Waals surface area contributed by atoms with Crippen LogP contribution < -0.4 is 16.0 Å². The van der Waals surface area contributed by atoms with E-state index in [4.69, 9.17) is 0 Å². The van der Waals surface area contributed by atoms with Crippen LogP contribution in [0.5, 0.6) is 0 Å². The Kier molecular flexibility index (Phi) is 11.8. The molecule has 43 heavy (non-hydrogen) atoms. The third-order valence-corrected chi connectivity index (χ3v) is 6.18. The van der Waals surface area contributed by atoms with Gasteiger partial charge >= 0.3 is 18.1 Å². The van der Waals surface area contributed by atoms with Gasteiger partial charge in [0.2, 0.25) is 11.8 Å². The van der Waals surface area contributed by atoms with Gasteiger partial charge in [-0.25, -0.2) is 9.78 Å². The first-order chi connectivity index (χ1) is 20.4. The molecule has 0 aliphatic carbocycles. The number of pyridine rings is 1. The van der Waals surface area contributed by atoms with Gasteiger partial charge in [0.15, 0.2) is 0 Å². The molecular formula is C30H31F3N4O6. The third-order valence-electron chi connectivity index (χ3n) is 6.18. The standard InChI is InChI=1S/C30H31F3N4O6/c1-19(38)27(37-25(39)11-7-17-35-24-10-5-6-16-34-24)28(41)36-23(18-26(40)43-29(42)30(31,32)33)22-14-12-21(13-15-22)20-8-3-2-4-9-20/h2-6,8-10,12-16,19,23,27,38H,7,11,17-18H2,1H3,(H,34,35)(H,36,41)(H,37,39). The lowest BCUT2D eigenvalue weighted by Crippen LogP contribution is -2.53. The quantitative estimate of drug-likeness (QED) is 0.132. The van der Waals surface area contributed by atoms with Crippen LogP contribution in [0.3, 0.4) is 0 Å². The number of amides is 2. The molecule has 3 atom stereocenters. The Balaban J connectivity index is 1.69. The van der Waals surface area contributed by atoms with Gasteiger partial charge in [-0.2, -0.15) is 13.2 Å². The summed E-state index contributed by atoms with van der Waals surface area (Å²) in [5, 5.41) is 18.2. The number of ether oxygens (including phenoxy) is 1. The minimum Gasteiger partial charge on any atom is -0.391 e. The van der Waals surface area contributed by atoms with Crippen LogP contribution in [-0.2, 0) is 23.9 Å². The van der Waals surface area contributed by atoms with Crippen molar-refractivity contribution in [3.05, 3.63) is 84.6 Å². The maximum absolute atomic E-state index is 13.2. The Morgan fingerprint density at radius 3 is 2.16 bits per heavy atom. The van der Waals surface area contributed by atoms with Crippen LogP contribution in [0.1, 0.15) is 37.8 Å². The molecule has 0 radical (unpaired) electrons. The first kappa shape index (κ1) is 32.7. The molecule has 0 bridgehead atoms. The van der Waals surface area contributed by atoms with Crippen molar-refractivity contribution in [2.24, 2.45) is 0 Å². The monoisotopic (exact) mass is 600 g/mol. The molecule has 0 aliphatic heterocycles. The van der Waals surface area contributed by atoms with E-state index in [1.165, 1.54) is 6.92 Å². The van der Waals surface area contributed by atoms with Crippen molar-refractivity contribution in [2.45, 2.75) is 50.6 Å². The van der Waals surface area contributed by atoms with Crippen LogP contribution in [0, 0.1) is 0 Å². The van der Waals surface area contributed by atoms with Crippen LogP contribution in [0.15, 0.2) is 79.0 Å². The van der Waals surface area contributed by atoms with E-state index in [9.17, 15) is 37.5 Å². The molecule has 0 fully saturated rings. The fourth-order valence-corrected chi connectivity index (χ4v) is 4.01. The molecular weight excluding hydrogens is 569 g/mol. The Bertz CT molecular complexity index is 1370. The molecule has 2 aromatic carbocycles. The average molecular weight is 601 g/mol.